The zero-order valence-electron chi connectivity index (χ0n) is 18.1. The molecular weight excluding hydrogens is 432 g/mol. The number of anilines is 1. The number of allylic oxidation sites excluding steroid dienone is 2. The first kappa shape index (κ1) is 24.0. The van der Waals surface area contributed by atoms with Crippen LogP contribution in [0.15, 0.2) is 42.2 Å². The molecule has 2 aromatic rings. The van der Waals surface area contributed by atoms with E-state index in [4.69, 9.17) is 5.41 Å². The Labute approximate surface area is 189 Å². The van der Waals surface area contributed by atoms with E-state index >= 15 is 0 Å². The average Bonchev–Trinajstić information content (AvgIpc) is 2.79. The summed E-state index contributed by atoms with van der Waals surface area (Å²) in [5.74, 6) is -3.54. The summed E-state index contributed by atoms with van der Waals surface area (Å²) >= 11 is 0. The summed E-state index contributed by atoms with van der Waals surface area (Å²) in [6, 6.07) is 5.61. The van der Waals surface area contributed by atoms with Crippen molar-refractivity contribution in [1.82, 2.24) is 15.3 Å². The minimum atomic E-state index is -0.954. The van der Waals surface area contributed by atoms with Crippen LogP contribution in [0.4, 0.5) is 14.6 Å². The molecule has 0 amide bonds. The largest absolute Gasteiger partial charge is 0.481 e. The van der Waals surface area contributed by atoms with Gasteiger partial charge in [0, 0.05) is 25.1 Å². The van der Waals surface area contributed by atoms with Gasteiger partial charge < -0.3 is 15.7 Å². The van der Waals surface area contributed by atoms with Crippen molar-refractivity contribution in [3.05, 3.63) is 65.3 Å². The predicted octanol–water partition coefficient (Wildman–Crippen LogP) is 3.44. The van der Waals surface area contributed by atoms with Crippen LogP contribution in [0.5, 0.6) is 0 Å². The number of ketones is 1. The van der Waals surface area contributed by atoms with E-state index in [0.717, 1.165) is 19.0 Å². The maximum atomic E-state index is 14.3. The number of hydrogen-bond acceptors (Lipinski definition) is 7. The maximum absolute atomic E-state index is 14.3. The van der Waals surface area contributed by atoms with Gasteiger partial charge in [-0.3, -0.25) is 15.0 Å². The molecule has 0 aliphatic heterocycles. The van der Waals surface area contributed by atoms with Gasteiger partial charge in [0.05, 0.1) is 17.8 Å². The van der Waals surface area contributed by atoms with Crippen LogP contribution in [0.1, 0.15) is 44.0 Å². The third kappa shape index (κ3) is 6.18. The van der Waals surface area contributed by atoms with Gasteiger partial charge in [-0.15, -0.1) is 0 Å². The second-order valence-corrected chi connectivity index (χ2v) is 7.84. The van der Waals surface area contributed by atoms with E-state index in [9.17, 15) is 23.5 Å². The van der Waals surface area contributed by atoms with Gasteiger partial charge in [-0.05, 0) is 25.0 Å². The van der Waals surface area contributed by atoms with Gasteiger partial charge in [0.25, 0.3) is 0 Å². The number of carboxylic acid groups (broad SMARTS) is 1. The third-order valence-electron chi connectivity index (χ3n) is 5.49. The van der Waals surface area contributed by atoms with Crippen LogP contribution >= 0.6 is 0 Å². The number of Topliss-reactive ketones (excluding diaryl/α,β-unsaturated/α-hetero) is 1. The number of hydrogen-bond donors (Lipinski definition) is 4. The first-order valence-corrected chi connectivity index (χ1v) is 10.6. The standard InChI is InChI=1S/C23H25F2N5O3/c1-13(31)20(27-11-14-6-2-4-8-16(14)24)10-18(26)22-28-12-17(25)21(30-22)29-19-9-5-3-7-15(19)23(32)33/h2,4,6,8,10,12,15,19,26-27H,3,5,7,9,11H2,1H3,(H,32,33)(H,28,29,30)/b20-10-,26-18?. The summed E-state index contributed by atoms with van der Waals surface area (Å²) in [7, 11) is 0. The SMILES string of the molecule is CC(=O)/C(=C/C(=N)c1ncc(F)c(NC2CCCCC2C(=O)O)n1)NCc1ccccc1F. The van der Waals surface area contributed by atoms with Crippen LogP contribution in [0.25, 0.3) is 0 Å². The Balaban J connectivity index is 1.78. The lowest BCUT2D eigenvalue weighted by Gasteiger charge is -2.29. The van der Waals surface area contributed by atoms with Crippen molar-refractivity contribution in [2.45, 2.75) is 45.2 Å². The van der Waals surface area contributed by atoms with E-state index in [1.54, 1.807) is 18.2 Å². The van der Waals surface area contributed by atoms with Gasteiger partial charge in [0.15, 0.2) is 23.2 Å². The molecule has 1 aromatic carbocycles. The molecule has 4 N–H and O–H groups in total. The van der Waals surface area contributed by atoms with E-state index in [0.29, 0.717) is 18.4 Å². The molecule has 1 saturated carbocycles. The number of nitrogens with zero attached hydrogens (tertiary/aromatic N) is 2. The highest BCUT2D eigenvalue weighted by Gasteiger charge is 2.31. The minimum Gasteiger partial charge on any atom is -0.481 e. The van der Waals surface area contributed by atoms with E-state index in [1.807, 2.05) is 0 Å². The molecule has 0 radical (unpaired) electrons. The van der Waals surface area contributed by atoms with E-state index < -0.39 is 29.6 Å². The van der Waals surface area contributed by atoms with Crippen LogP contribution in [0.3, 0.4) is 0 Å². The Hall–Kier alpha value is -3.69. The normalized spacial score (nSPS) is 18.5. The molecule has 3 rings (SSSR count). The number of aromatic nitrogens is 2. The van der Waals surface area contributed by atoms with Gasteiger partial charge in [0.1, 0.15) is 11.5 Å². The molecule has 2 unspecified atom stereocenters. The van der Waals surface area contributed by atoms with E-state index in [-0.39, 0.29) is 35.4 Å². The molecule has 1 aliphatic carbocycles. The number of halogens is 2. The number of rotatable bonds is 9. The fraction of sp³-hybridized carbons (Fsp3) is 0.348. The van der Waals surface area contributed by atoms with Crippen LogP contribution in [-0.2, 0) is 16.1 Å². The van der Waals surface area contributed by atoms with E-state index in [1.165, 1.54) is 19.1 Å². The summed E-state index contributed by atoms with van der Waals surface area (Å²) < 4.78 is 28.2. The fourth-order valence-corrected chi connectivity index (χ4v) is 3.69. The Morgan fingerprint density at radius 1 is 1.21 bits per heavy atom. The zero-order chi connectivity index (χ0) is 24.0. The zero-order valence-corrected chi connectivity index (χ0v) is 18.1. The number of carbonyl (C=O) groups is 2. The molecule has 1 fully saturated rings. The Bertz CT molecular complexity index is 1090. The molecular formula is C23H25F2N5O3. The molecule has 8 nitrogen and oxygen atoms in total. The predicted molar refractivity (Wildman–Crippen MR) is 118 cm³/mol. The highest BCUT2D eigenvalue weighted by Crippen LogP contribution is 2.27. The van der Waals surface area contributed by atoms with Gasteiger partial charge in [0.2, 0.25) is 0 Å². The highest BCUT2D eigenvalue weighted by atomic mass is 19.1. The van der Waals surface area contributed by atoms with Crippen LogP contribution in [-0.4, -0.2) is 38.6 Å². The number of carbonyl (C=O) groups excluding carboxylic acids is 1. The van der Waals surface area contributed by atoms with Crippen molar-refractivity contribution in [2.24, 2.45) is 5.92 Å². The Kier molecular flexibility index (Phi) is 7.81. The van der Waals surface area contributed by atoms with Gasteiger partial charge in [-0.25, -0.2) is 18.7 Å². The topological polar surface area (TPSA) is 128 Å². The van der Waals surface area contributed by atoms with E-state index in [2.05, 4.69) is 20.6 Å². The number of carboxylic acids is 1. The number of benzene rings is 1. The molecule has 1 heterocycles. The number of nitrogens with one attached hydrogen (secondary N) is 3. The van der Waals surface area contributed by atoms with Crippen molar-refractivity contribution < 1.29 is 23.5 Å². The lowest BCUT2D eigenvalue weighted by atomic mass is 9.84. The lowest BCUT2D eigenvalue weighted by molar-refractivity contribution is -0.143. The molecule has 10 heteroatoms. The average molecular weight is 457 g/mol. The molecule has 1 aromatic heterocycles. The van der Waals surface area contributed by atoms with Crippen molar-refractivity contribution in [2.75, 3.05) is 5.32 Å². The summed E-state index contributed by atoms with van der Waals surface area (Å²) in [4.78, 5) is 31.4. The second-order valence-electron chi connectivity index (χ2n) is 7.84. The molecule has 0 spiro atoms. The van der Waals surface area contributed by atoms with Crippen molar-refractivity contribution >= 4 is 23.3 Å². The molecule has 0 saturated heterocycles. The van der Waals surface area contributed by atoms with Crippen molar-refractivity contribution in [1.29, 1.82) is 5.41 Å². The summed E-state index contributed by atoms with van der Waals surface area (Å²) in [5, 5.41) is 23.4. The molecule has 174 valence electrons. The highest BCUT2D eigenvalue weighted by molar-refractivity contribution is 6.09. The second kappa shape index (κ2) is 10.8. The fourth-order valence-electron chi connectivity index (χ4n) is 3.69. The van der Waals surface area contributed by atoms with Crippen LogP contribution in [0, 0.1) is 23.0 Å². The van der Waals surface area contributed by atoms with Crippen molar-refractivity contribution in [3.63, 3.8) is 0 Å². The maximum Gasteiger partial charge on any atom is 0.308 e. The van der Waals surface area contributed by atoms with Crippen LogP contribution in [0.2, 0.25) is 0 Å². The number of aliphatic carboxylic acids is 1. The molecule has 1 aliphatic rings. The molecule has 33 heavy (non-hydrogen) atoms. The van der Waals surface area contributed by atoms with Gasteiger partial charge >= 0.3 is 5.97 Å². The van der Waals surface area contributed by atoms with Gasteiger partial charge in [-0.2, -0.15) is 0 Å². The van der Waals surface area contributed by atoms with Crippen LogP contribution < -0.4 is 10.6 Å². The summed E-state index contributed by atoms with van der Waals surface area (Å²) in [6.07, 6.45) is 4.74. The van der Waals surface area contributed by atoms with Gasteiger partial charge in [-0.1, -0.05) is 31.0 Å². The Morgan fingerprint density at radius 2 is 1.94 bits per heavy atom. The molecule has 0 bridgehead atoms. The summed E-state index contributed by atoms with van der Waals surface area (Å²) in [5.41, 5.74) is 0.132. The first-order valence-electron chi connectivity index (χ1n) is 10.6. The molecule has 2 atom stereocenters. The first-order chi connectivity index (χ1) is 15.8. The Morgan fingerprint density at radius 3 is 2.64 bits per heavy atom. The minimum absolute atomic E-state index is 0.0285. The van der Waals surface area contributed by atoms with Crippen molar-refractivity contribution in [3.8, 4) is 0 Å². The lowest BCUT2D eigenvalue weighted by Crippen LogP contribution is -2.37. The third-order valence-corrected chi connectivity index (χ3v) is 5.49. The smallest absolute Gasteiger partial charge is 0.308 e. The monoisotopic (exact) mass is 457 g/mol. The summed E-state index contributed by atoms with van der Waals surface area (Å²) in [6.45, 7) is 1.32. The quantitative estimate of drug-likeness (QED) is 0.335.